The highest BCUT2D eigenvalue weighted by Crippen LogP contribution is 2.43. The van der Waals surface area contributed by atoms with Gasteiger partial charge in [-0.2, -0.15) is 0 Å². The average molecular weight is 306 g/mol. The number of carboxylic acid groups (broad SMARTS) is 1. The second-order valence-corrected chi connectivity index (χ2v) is 6.23. The molecule has 0 aliphatic heterocycles. The van der Waals surface area contributed by atoms with Crippen LogP contribution in [0.25, 0.3) is 0 Å². The summed E-state index contributed by atoms with van der Waals surface area (Å²) >= 11 is 0. The monoisotopic (exact) mass is 306 g/mol. The number of hydrogen-bond acceptors (Lipinski definition) is 4. The first-order valence-electron chi connectivity index (χ1n) is 7.16. The maximum atomic E-state index is 12.0. The van der Waals surface area contributed by atoms with Gasteiger partial charge in [0.25, 0.3) is 5.91 Å². The van der Waals surface area contributed by atoms with Crippen molar-refractivity contribution >= 4 is 17.6 Å². The Kier molecular flexibility index (Phi) is 4.30. The molecule has 1 aliphatic rings. The standard InChI is InChI=1S/C16H22N2O4/c1-16(15(20)21)8-11(9-16)17-12-7-10(14(19)18(2)3)5-6-13(12)22-4/h5-7,11,17H,8-9H2,1-4H3,(H,20,21). The van der Waals surface area contributed by atoms with Gasteiger partial charge in [0.15, 0.2) is 0 Å². The molecule has 1 saturated carbocycles. The fourth-order valence-corrected chi connectivity index (χ4v) is 2.74. The van der Waals surface area contributed by atoms with Crippen molar-refractivity contribution in [1.82, 2.24) is 4.90 Å². The number of anilines is 1. The van der Waals surface area contributed by atoms with Crippen LogP contribution >= 0.6 is 0 Å². The zero-order valence-corrected chi connectivity index (χ0v) is 13.3. The topological polar surface area (TPSA) is 78.9 Å². The van der Waals surface area contributed by atoms with Crippen molar-refractivity contribution in [2.45, 2.75) is 25.8 Å². The first kappa shape index (κ1) is 16.1. The quantitative estimate of drug-likeness (QED) is 0.870. The minimum atomic E-state index is -0.769. The van der Waals surface area contributed by atoms with Gasteiger partial charge >= 0.3 is 5.97 Å². The van der Waals surface area contributed by atoms with Crippen molar-refractivity contribution in [3.8, 4) is 5.75 Å². The van der Waals surface area contributed by atoms with Crippen molar-refractivity contribution in [3.63, 3.8) is 0 Å². The lowest BCUT2D eigenvalue weighted by Crippen LogP contribution is -2.48. The molecule has 0 saturated heterocycles. The molecule has 1 amide bonds. The summed E-state index contributed by atoms with van der Waals surface area (Å²) in [4.78, 5) is 24.7. The van der Waals surface area contributed by atoms with E-state index in [1.807, 2.05) is 0 Å². The molecule has 120 valence electrons. The number of aliphatic carboxylic acids is 1. The molecule has 1 fully saturated rings. The Morgan fingerprint density at radius 2 is 2.00 bits per heavy atom. The second-order valence-electron chi connectivity index (χ2n) is 6.23. The zero-order chi connectivity index (χ0) is 16.5. The van der Waals surface area contributed by atoms with Crippen LogP contribution in [0.5, 0.6) is 5.75 Å². The van der Waals surface area contributed by atoms with Crippen LogP contribution in [-0.2, 0) is 4.79 Å². The largest absolute Gasteiger partial charge is 0.495 e. The number of ether oxygens (including phenoxy) is 1. The molecule has 0 bridgehead atoms. The molecular weight excluding hydrogens is 284 g/mol. The Bertz CT molecular complexity index is 592. The van der Waals surface area contributed by atoms with Gasteiger partial charge in [-0.3, -0.25) is 9.59 Å². The Morgan fingerprint density at radius 3 is 2.50 bits per heavy atom. The van der Waals surface area contributed by atoms with E-state index in [-0.39, 0.29) is 11.9 Å². The fourth-order valence-electron chi connectivity index (χ4n) is 2.74. The van der Waals surface area contributed by atoms with E-state index in [4.69, 9.17) is 9.84 Å². The molecule has 22 heavy (non-hydrogen) atoms. The van der Waals surface area contributed by atoms with Crippen molar-refractivity contribution in [2.24, 2.45) is 5.41 Å². The summed E-state index contributed by atoms with van der Waals surface area (Å²) in [5.41, 5.74) is 0.614. The Labute approximate surface area is 130 Å². The predicted molar refractivity (Wildman–Crippen MR) is 83.4 cm³/mol. The van der Waals surface area contributed by atoms with Crippen LogP contribution in [0.2, 0.25) is 0 Å². The van der Waals surface area contributed by atoms with Crippen LogP contribution in [0.3, 0.4) is 0 Å². The number of carbonyl (C=O) groups is 2. The van der Waals surface area contributed by atoms with Gasteiger partial charge in [-0.15, -0.1) is 0 Å². The minimum absolute atomic E-state index is 0.0692. The fraction of sp³-hybridized carbons (Fsp3) is 0.500. The zero-order valence-electron chi connectivity index (χ0n) is 13.3. The molecule has 0 aromatic heterocycles. The number of rotatable bonds is 5. The van der Waals surface area contributed by atoms with Gasteiger partial charge in [0.2, 0.25) is 0 Å². The van der Waals surface area contributed by atoms with Crippen molar-refractivity contribution in [2.75, 3.05) is 26.5 Å². The molecule has 0 heterocycles. The minimum Gasteiger partial charge on any atom is -0.495 e. The van der Waals surface area contributed by atoms with E-state index < -0.39 is 11.4 Å². The molecule has 6 nitrogen and oxygen atoms in total. The van der Waals surface area contributed by atoms with E-state index >= 15 is 0 Å². The van der Waals surface area contributed by atoms with E-state index in [0.29, 0.717) is 29.8 Å². The maximum Gasteiger partial charge on any atom is 0.309 e. The van der Waals surface area contributed by atoms with Crippen LogP contribution in [0.15, 0.2) is 18.2 Å². The summed E-state index contributed by atoms with van der Waals surface area (Å²) < 4.78 is 5.31. The van der Waals surface area contributed by atoms with Crippen LogP contribution in [0.4, 0.5) is 5.69 Å². The molecule has 6 heteroatoms. The number of benzene rings is 1. The van der Waals surface area contributed by atoms with Crippen LogP contribution < -0.4 is 10.1 Å². The van der Waals surface area contributed by atoms with Gasteiger partial charge in [-0.1, -0.05) is 0 Å². The van der Waals surface area contributed by atoms with Crippen molar-refractivity contribution in [3.05, 3.63) is 23.8 Å². The van der Waals surface area contributed by atoms with Gasteiger partial charge < -0.3 is 20.1 Å². The maximum absolute atomic E-state index is 12.0. The number of amides is 1. The molecule has 0 atom stereocenters. The third-order valence-corrected chi connectivity index (χ3v) is 4.12. The highest BCUT2D eigenvalue weighted by atomic mass is 16.5. The summed E-state index contributed by atoms with van der Waals surface area (Å²) in [7, 11) is 4.96. The van der Waals surface area contributed by atoms with E-state index in [1.54, 1.807) is 46.3 Å². The Morgan fingerprint density at radius 1 is 1.36 bits per heavy atom. The molecule has 1 aromatic rings. The summed E-state index contributed by atoms with van der Waals surface area (Å²) in [6.07, 6.45) is 1.11. The Hall–Kier alpha value is -2.24. The average Bonchev–Trinajstić information content (AvgIpc) is 2.44. The number of methoxy groups -OCH3 is 1. The normalized spacial score (nSPS) is 23.4. The lowest BCUT2D eigenvalue weighted by Gasteiger charge is -2.42. The molecule has 1 aliphatic carbocycles. The van der Waals surface area contributed by atoms with Gasteiger partial charge in [-0.05, 0) is 38.0 Å². The van der Waals surface area contributed by atoms with Gasteiger partial charge in [0.05, 0.1) is 18.2 Å². The third-order valence-electron chi connectivity index (χ3n) is 4.12. The molecule has 1 aromatic carbocycles. The highest BCUT2D eigenvalue weighted by molar-refractivity contribution is 5.95. The smallest absolute Gasteiger partial charge is 0.309 e. The van der Waals surface area contributed by atoms with Crippen LogP contribution in [0.1, 0.15) is 30.1 Å². The first-order chi connectivity index (χ1) is 10.3. The molecule has 0 spiro atoms. The predicted octanol–water partition coefficient (Wildman–Crippen LogP) is 2.06. The van der Waals surface area contributed by atoms with Crippen LogP contribution in [-0.4, -0.2) is 49.1 Å². The SMILES string of the molecule is COc1ccc(C(=O)N(C)C)cc1NC1CC(C)(C(=O)O)C1. The van der Waals surface area contributed by atoms with Gasteiger partial charge in [0.1, 0.15) is 5.75 Å². The summed E-state index contributed by atoms with van der Waals surface area (Å²) in [5.74, 6) is -0.219. The molecule has 2 rings (SSSR count). The second kappa shape index (κ2) is 5.87. The summed E-state index contributed by atoms with van der Waals surface area (Å²) in [6.45, 7) is 1.75. The van der Waals surface area contributed by atoms with E-state index in [1.165, 1.54) is 4.90 Å². The van der Waals surface area contributed by atoms with Crippen LogP contribution in [0, 0.1) is 5.41 Å². The van der Waals surface area contributed by atoms with Gasteiger partial charge in [-0.25, -0.2) is 0 Å². The Balaban J connectivity index is 2.15. The molecule has 2 N–H and O–H groups in total. The number of carboxylic acids is 1. The molecule has 0 unspecified atom stereocenters. The van der Waals surface area contributed by atoms with E-state index in [9.17, 15) is 9.59 Å². The third kappa shape index (κ3) is 3.00. The number of carbonyl (C=O) groups excluding carboxylic acids is 1. The number of hydrogen-bond donors (Lipinski definition) is 2. The number of nitrogens with one attached hydrogen (secondary N) is 1. The van der Waals surface area contributed by atoms with E-state index in [0.717, 1.165) is 0 Å². The van der Waals surface area contributed by atoms with Crippen molar-refractivity contribution in [1.29, 1.82) is 0 Å². The van der Waals surface area contributed by atoms with Gasteiger partial charge in [0, 0.05) is 25.7 Å². The van der Waals surface area contributed by atoms with Crippen molar-refractivity contribution < 1.29 is 19.4 Å². The number of nitrogens with zero attached hydrogens (tertiary/aromatic N) is 1. The lowest BCUT2D eigenvalue weighted by atomic mass is 9.67. The summed E-state index contributed by atoms with van der Waals surface area (Å²) in [5, 5.41) is 12.4. The first-order valence-corrected chi connectivity index (χ1v) is 7.16. The summed E-state index contributed by atoms with van der Waals surface area (Å²) in [6, 6.07) is 5.28. The van der Waals surface area contributed by atoms with E-state index in [2.05, 4.69) is 5.32 Å². The molecule has 0 radical (unpaired) electrons. The highest BCUT2D eigenvalue weighted by Gasteiger charge is 2.46. The molecular formula is C16H22N2O4. The lowest BCUT2D eigenvalue weighted by molar-refractivity contribution is -0.153.